The van der Waals surface area contributed by atoms with E-state index < -0.39 is 23.8 Å². The van der Waals surface area contributed by atoms with Gasteiger partial charge in [0.2, 0.25) is 0 Å². The summed E-state index contributed by atoms with van der Waals surface area (Å²) in [6, 6.07) is 10.6. The molecular formula is C19H12BrIN2O5. The minimum Gasteiger partial charge on any atom is -0.426 e. The fourth-order valence-corrected chi connectivity index (χ4v) is 3.26. The summed E-state index contributed by atoms with van der Waals surface area (Å²) in [7, 11) is 0. The Morgan fingerprint density at radius 2 is 1.82 bits per heavy atom. The predicted octanol–water partition coefficient (Wildman–Crippen LogP) is 3.65. The van der Waals surface area contributed by atoms with E-state index in [1.807, 2.05) is 0 Å². The Kier molecular flexibility index (Phi) is 5.94. The minimum absolute atomic E-state index is 0.182. The molecule has 1 aliphatic heterocycles. The van der Waals surface area contributed by atoms with E-state index in [1.54, 1.807) is 36.4 Å². The second-order valence-corrected chi connectivity index (χ2v) is 7.87. The summed E-state index contributed by atoms with van der Waals surface area (Å²) in [5.74, 6) is -1.96. The number of carbonyl (C=O) groups excluding carboxylic acids is 4. The number of hydrogen-bond acceptors (Lipinski definition) is 5. The average Bonchev–Trinajstić information content (AvgIpc) is 2.62. The topological polar surface area (TPSA) is 92.8 Å². The zero-order valence-corrected chi connectivity index (χ0v) is 18.1. The maximum atomic E-state index is 12.9. The first kappa shape index (κ1) is 20.2. The summed E-state index contributed by atoms with van der Waals surface area (Å²) in [4.78, 5) is 49.6. The summed E-state index contributed by atoms with van der Waals surface area (Å²) in [6.45, 7) is 1.24. The van der Waals surface area contributed by atoms with E-state index in [4.69, 9.17) is 4.74 Å². The Balaban J connectivity index is 2.06. The van der Waals surface area contributed by atoms with Crippen LogP contribution in [0.4, 0.5) is 10.5 Å². The Bertz CT molecular complexity index is 1030. The molecule has 1 N–H and O–H groups in total. The molecule has 142 valence electrons. The van der Waals surface area contributed by atoms with E-state index in [9.17, 15) is 19.2 Å². The van der Waals surface area contributed by atoms with Crippen molar-refractivity contribution < 1.29 is 23.9 Å². The molecule has 2 aromatic carbocycles. The molecule has 1 aliphatic rings. The van der Waals surface area contributed by atoms with Gasteiger partial charge >= 0.3 is 12.0 Å². The van der Waals surface area contributed by atoms with Gasteiger partial charge in [-0.25, -0.2) is 9.69 Å². The summed E-state index contributed by atoms with van der Waals surface area (Å²) in [5.41, 5.74) is 0.403. The highest BCUT2D eigenvalue weighted by Crippen LogP contribution is 2.28. The number of hydrogen-bond donors (Lipinski definition) is 1. The van der Waals surface area contributed by atoms with Crippen molar-refractivity contribution >= 4 is 74.1 Å². The van der Waals surface area contributed by atoms with E-state index in [0.29, 0.717) is 15.7 Å². The lowest BCUT2D eigenvalue weighted by Crippen LogP contribution is -2.54. The second kappa shape index (κ2) is 8.23. The van der Waals surface area contributed by atoms with Crippen LogP contribution in [0, 0.1) is 3.57 Å². The average molecular weight is 555 g/mol. The van der Waals surface area contributed by atoms with Crippen molar-refractivity contribution in [1.82, 2.24) is 5.32 Å². The molecule has 7 nitrogen and oxygen atoms in total. The molecule has 1 saturated heterocycles. The van der Waals surface area contributed by atoms with Crippen LogP contribution in [0.1, 0.15) is 12.5 Å². The molecule has 4 amide bonds. The van der Waals surface area contributed by atoms with Gasteiger partial charge < -0.3 is 4.74 Å². The Morgan fingerprint density at radius 3 is 2.46 bits per heavy atom. The number of urea groups is 1. The van der Waals surface area contributed by atoms with Gasteiger partial charge in [-0.1, -0.05) is 15.9 Å². The zero-order chi connectivity index (χ0) is 20.4. The second-order valence-electron chi connectivity index (χ2n) is 5.71. The number of ether oxygens (including phenoxy) is 1. The lowest BCUT2D eigenvalue weighted by Gasteiger charge is -2.26. The van der Waals surface area contributed by atoms with Gasteiger partial charge in [0.25, 0.3) is 11.8 Å². The van der Waals surface area contributed by atoms with Gasteiger partial charge in [-0.05, 0) is 71.1 Å². The van der Waals surface area contributed by atoms with Crippen molar-refractivity contribution in [3.63, 3.8) is 0 Å². The van der Waals surface area contributed by atoms with Crippen molar-refractivity contribution in [2.75, 3.05) is 4.90 Å². The standard InChI is InChI=1S/C19H12BrIN2O5/c1-10(24)28-16-7-2-12(20)8-11(16)9-15-17(25)22-19(27)23(18(15)26)14-5-3-13(21)4-6-14/h2-9H,1H3,(H,22,25,27)/b15-9-. The van der Waals surface area contributed by atoms with Crippen molar-refractivity contribution in [1.29, 1.82) is 0 Å². The lowest BCUT2D eigenvalue weighted by molar-refractivity contribution is -0.132. The van der Waals surface area contributed by atoms with Gasteiger partial charge in [-0.3, -0.25) is 19.7 Å². The van der Waals surface area contributed by atoms with Gasteiger partial charge in [0.15, 0.2) is 0 Å². The summed E-state index contributed by atoms with van der Waals surface area (Å²) >= 11 is 5.40. The number of nitrogens with zero attached hydrogens (tertiary/aromatic N) is 1. The number of nitrogens with one attached hydrogen (secondary N) is 1. The summed E-state index contributed by atoms with van der Waals surface area (Å²) in [5, 5.41) is 2.16. The first-order chi connectivity index (χ1) is 13.3. The molecule has 0 spiro atoms. The van der Waals surface area contributed by atoms with Crippen LogP contribution < -0.4 is 15.0 Å². The van der Waals surface area contributed by atoms with Crippen molar-refractivity contribution in [2.45, 2.75) is 6.92 Å². The zero-order valence-electron chi connectivity index (χ0n) is 14.4. The van der Waals surface area contributed by atoms with E-state index >= 15 is 0 Å². The highest BCUT2D eigenvalue weighted by molar-refractivity contribution is 14.1. The largest absolute Gasteiger partial charge is 0.426 e. The summed E-state index contributed by atoms with van der Waals surface area (Å²) in [6.07, 6.45) is 1.28. The van der Waals surface area contributed by atoms with Crippen LogP contribution in [0.15, 0.2) is 52.5 Å². The molecule has 3 rings (SSSR count). The van der Waals surface area contributed by atoms with E-state index in [2.05, 4.69) is 43.8 Å². The van der Waals surface area contributed by atoms with Gasteiger partial charge in [0, 0.05) is 20.5 Å². The van der Waals surface area contributed by atoms with E-state index in [0.717, 1.165) is 8.47 Å². The van der Waals surface area contributed by atoms with Gasteiger partial charge in [-0.15, -0.1) is 0 Å². The highest BCUT2D eigenvalue weighted by Gasteiger charge is 2.37. The third kappa shape index (κ3) is 4.30. The molecule has 1 fully saturated rings. The van der Waals surface area contributed by atoms with Crippen molar-refractivity contribution in [3.05, 3.63) is 61.6 Å². The number of anilines is 1. The molecule has 0 atom stereocenters. The van der Waals surface area contributed by atoms with Gasteiger partial charge in [0.1, 0.15) is 11.3 Å². The monoisotopic (exact) mass is 554 g/mol. The molecular weight excluding hydrogens is 543 g/mol. The van der Waals surface area contributed by atoms with E-state index in [-0.39, 0.29) is 11.3 Å². The van der Waals surface area contributed by atoms with E-state index in [1.165, 1.54) is 19.1 Å². The van der Waals surface area contributed by atoms with Crippen molar-refractivity contribution in [2.24, 2.45) is 0 Å². The molecule has 2 aromatic rings. The molecule has 0 saturated carbocycles. The number of carbonyl (C=O) groups is 4. The third-order valence-corrected chi connectivity index (χ3v) is 4.92. The number of halogens is 2. The van der Waals surface area contributed by atoms with Crippen LogP contribution in [0.5, 0.6) is 5.75 Å². The number of amides is 4. The van der Waals surface area contributed by atoms with Crippen LogP contribution >= 0.6 is 38.5 Å². The predicted molar refractivity (Wildman–Crippen MR) is 114 cm³/mol. The number of benzene rings is 2. The van der Waals surface area contributed by atoms with Gasteiger partial charge in [-0.2, -0.15) is 0 Å². The molecule has 9 heteroatoms. The molecule has 0 aromatic heterocycles. The van der Waals surface area contributed by atoms with Gasteiger partial charge in [0.05, 0.1) is 5.69 Å². The molecule has 28 heavy (non-hydrogen) atoms. The number of rotatable bonds is 3. The number of imide groups is 2. The number of barbiturate groups is 1. The SMILES string of the molecule is CC(=O)Oc1ccc(Br)cc1/C=C1/C(=O)NC(=O)N(c2ccc(I)cc2)C1=O. The lowest BCUT2D eigenvalue weighted by atomic mass is 10.1. The Morgan fingerprint density at radius 1 is 1.14 bits per heavy atom. The van der Waals surface area contributed by atoms with Crippen LogP contribution in [-0.2, 0) is 14.4 Å². The molecule has 1 heterocycles. The fraction of sp³-hybridized carbons (Fsp3) is 0.0526. The molecule has 0 aliphatic carbocycles. The maximum Gasteiger partial charge on any atom is 0.335 e. The Labute approximate surface area is 182 Å². The third-order valence-electron chi connectivity index (χ3n) is 3.71. The molecule has 0 bridgehead atoms. The van der Waals surface area contributed by atoms with Crippen LogP contribution in [0.3, 0.4) is 0 Å². The normalized spacial score (nSPS) is 15.6. The smallest absolute Gasteiger partial charge is 0.335 e. The highest BCUT2D eigenvalue weighted by atomic mass is 127. The summed E-state index contributed by atoms with van der Waals surface area (Å²) < 4.78 is 6.72. The Hall–Kier alpha value is -2.53. The van der Waals surface area contributed by atoms with Crippen LogP contribution in [0.2, 0.25) is 0 Å². The van der Waals surface area contributed by atoms with Crippen LogP contribution in [-0.4, -0.2) is 23.8 Å². The number of esters is 1. The van der Waals surface area contributed by atoms with Crippen LogP contribution in [0.25, 0.3) is 6.08 Å². The quantitative estimate of drug-likeness (QED) is 0.206. The molecule has 0 unspecified atom stereocenters. The first-order valence-corrected chi connectivity index (χ1v) is 9.78. The van der Waals surface area contributed by atoms with Crippen molar-refractivity contribution in [3.8, 4) is 5.75 Å². The minimum atomic E-state index is -0.831. The maximum absolute atomic E-state index is 12.9. The molecule has 0 radical (unpaired) electrons. The fourth-order valence-electron chi connectivity index (χ4n) is 2.52. The first-order valence-electron chi connectivity index (χ1n) is 7.91.